The van der Waals surface area contributed by atoms with Crippen LogP contribution < -0.4 is 4.90 Å². The van der Waals surface area contributed by atoms with E-state index in [1.807, 2.05) is 0 Å². The van der Waals surface area contributed by atoms with Gasteiger partial charge in [0, 0.05) is 30.0 Å². The highest BCUT2D eigenvalue weighted by Crippen LogP contribution is 2.51. The molecule has 2 aliphatic rings. The fraction of sp³-hybridized carbons (Fsp3) is 0.559. The summed E-state index contributed by atoms with van der Waals surface area (Å²) in [6.45, 7) is 3.66. The van der Waals surface area contributed by atoms with E-state index in [0.29, 0.717) is 37.8 Å². The quantitative estimate of drug-likeness (QED) is 0.171. The summed E-state index contributed by atoms with van der Waals surface area (Å²) in [6, 6.07) is 3.05. The van der Waals surface area contributed by atoms with E-state index >= 15 is 0 Å². The predicted molar refractivity (Wildman–Crippen MR) is 164 cm³/mol. The maximum atomic E-state index is 14.3. The van der Waals surface area contributed by atoms with Crippen LogP contribution in [-0.2, 0) is 39.9 Å². The molecule has 5 rings (SSSR count). The number of benzene rings is 2. The molecule has 2 heterocycles. The van der Waals surface area contributed by atoms with Crippen LogP contribution in [0.2, 0.25) is 0 Å². The molecule has 8 nitrogen and oxygen atoms in total. The number of ether oxygens (including phenoxy) is 1. The first-order chi connectivity index (χ1) is 23.8. The molecule has 0 spiro atoms. The average molecular weight is 734 g/mol. The third-order valence-electron chi connectivity index (χ3n) is 9.74. The number of alkyl halides is 9. The topological polar surface area (TPSA) is 90.2 Å². The van der Waals surface area contributed by atoms with Gasteiger partial charge in [0.1, 0.15) is 0 Å². The van der Waals surface area contributed by atoms with Crippen LogP contribution in [0.5, 0.6) is 0 Å². The number of carbonyl (C=O) groups is 2. The van der Waals surface area contributed by atoms with Gasteiger partial charge in [-0.15, -0.1) is 10.2 Å². The number of halogens is 9. The molecule has 1 aromatic heterocycles. The monoisotopic (exact) mass is 733 g/mol. The largest absolute Gasteiger partial charge is 0.466 e. The number of aromatic nitrogens is 4. The Morgan fingerprint density at radius 1 is 0.863 bits per heavy atom. The molecule has 0 radical (unpaired) electrons. The van der Waals surface area contributed by atoms with Crippen molar-refractivity contribution in [2.45, 2.75) is 95.2 Å². The SMILES string of the molecule is CCOC(=O)CC1CCC(C(=O)N2c3ccc(C(F)(F)F)cc3[C@@H](C(c3cc(C(F)(F)F)cc(C(F)(F)F)c3)c3nnn(C)n3)C[C@H]2CC)CC1. The minimum Gasteiger partial charge on any atom is -0.466 e. The van der Waals surface area contributed by atoms with E-state index in [2.05, 4.69) is 15.4 Å². The van der Waals surface area contributed by atoms with Crippen molar-refractivity contribution in [3.05, 3.63) is 70.0 Å². The van der Waals surface area contributed by atoms with E-state index in [9.17, 15) is 49.1 Å². The van der Waals surface area contributed by atoms with E-state index in [0.717, 1.165) is 23.0 Å². The number of hydrogen-bond acceptors (Lipinski definition) is 6. The Labute approximate surface area is 287 Å². The number of amides is 1. The molecule has 0 bridgehead atoms. The third-order valence-corrected chi connectivity index (χ3v) is 9.74. The van der Waals surface area contributed by atoms with Crippen molar-refractivity contribution in [2.75, 3.05) is 11.5 Å². The van der Waals surface area contributed by atoms with Crippen molar-refractivity contribution in [1.82, 2.24) is 20.2 Å². The Morgan fingerprint density at radius 2 is 1.47 bits per heavy atom. The van der Waals surface area contributed by atoms with Gasteiger partial charge in [0.15, 0.2) is 5.82 Å². The third kappa shape index (κ3) is 8.32. The summed E-state index contributed by atoms with van der Waals surface area (Å²) in [6.07, 6.45) is -13.0. The van der Waals surface area contributed by atoms with Crippen molar-refractivity contribution in [3.8, 4) is 0 Å². The fourth-order valence-corrected chi connectivity index (χ4v) is 7.34. The van der Waals surface area contributed by atoms with Gasteiger partial charge in [-0.1, -0.05) is 6.92 Å². The van der Waals surface area contributed by atoms with E-state index in [1.54, 1.807) is 13.8 Å². The summed E-state index contributed by atoms with van der Waals surface area (Å²) in [5.41, 5.74) is -4.87. The standard InChI is InChI=1S/C34H36F9N5O3/c1-4-24-17-26(29(30-44-46-47(3)45-30)20-13-22(33(38,39)40)15-23(14-20)34(41,42)43)25-16-21(32(35,36)37)10-11-27(25)48(24)31(50)19-8-6-18(7-9-19)12-28(49)51-5-2/h10-11,13-16,18-19,24,26,29H,4-9,12,17H2,1-3H3/t18?,19?,24-,26+,29?/m1/s1. The number of hydrogen-bond donors (Lipinski definition) is 0. The Morgan fingerprint density at radius 3 is 1.98 bits per heavy atom. The highest BCUT2D eigenvalue weighted by Gasteiger charge is 2.46. The van der Waals surface area contributed by atoms with Crippen LogP contribution in [0.15, 0.2) is 36.4 Å². The number of nitrogens with zero attached hydrogens (tertiary/aromatic N) is 5. The molecule has 0 N–H and O–H groups in total. The minimum absolute atomic E-state index is 0.00303. The first-order valence-electron chi connectivity index (χ1n) is 16.5. The second kappa shape index (κ2) is 14.4. The highest BCUT2D eigenvalue weighted by molar-refractivity contribution is 5.97. The first-order valence-corrected chi connectivity index (χ1v) is 16.5. The number of aryl methyl sites for hydroxylation is 1. The van der Waals surface area contributed by atoms with Gasteiger partial charge in [-0.2, -0.15) is 44.3 Å². The normalized spacial score (nSPS) is 22.0. The Hall–Kier alpha value is -4.18. The van der Waals surface area contributed by atoms with Gasteiger partial charge in [0.2, 0.25) is 5.91 Å². The Bertz CT molecular complexity index is 1700. The lowest BCUT2D eigenvalue weighted by Crippen LogP contribution is -2.48. The molecule has 3 aromatic rings. The molecular formula is C34H36F9N5O3. The first kappa shape index (κ1) is 38.1. The lowest BCUT2D eigenvalue weighted by atomic mass is 9.72. The Kier molecular flexibility index (Phi) is 10.8. The second-order valence-electron chi connectivity index (χ2n) is 13.1. The molecule has 1 saturated carbocycles. The number of carbonyl (C=O) groups excluding carboxylic acids is 2. The van der Waals surface area contributed by atoms with Gasteiger partial charge in [-0.3, -0.25) is 9.59 Å². The molecule has 278 valence electrons. The molecule has 1 aliphatic carbocycles. The van der Waals surface area contributed by atoms with Crippen LogP contribution in [-0.4, -0.2) is 44.7 Å². The maximum Gasteiger partial charge on any atom is 0.416 e. The molecule has 3 atom stereocenters. The summed E-state index contributed by atoms with van der Waals surface area (Å²) in [7, 11) is 1.33. The maximum absolute atomic E-state index is 14.3. The van der Waals surface area contributed by atoms with E-state index < -0.39 is 64.6 Å². The van der Waals surface area contributed by atoms with Gasteiger partial charge in [0.05, 0.1) is 36.3 Å². The molecule has 1 unspecified atom stereocenters. The highest BCUT2D eigenvalue weighted by atomic mass is 19.4. The molecule has 0 saturated heterocycles. The van der Waals surface area contributed by atoms with Crippen molar-refractivity contribution < 1.29 is 53.8 Å². The van der Waals surface area contributed by atoms with Gasteiger partial charge in [0.25, 0.3) is 0 Å². The summed E-state index contributed by atoms with van der Waals surface area (Å²) < 4.78 is 132. The van der Waals surface area contributed by atoms with Crippen molar-refractivity contribution >= 4 is 17.6 Å². The van der Waals surface area contributed by atoms with Crippen molar-refractivity contribution in [3.63, 3.8) is 0 Å². The number of rotatable bonds is 8. The fourth-order valence-electron chi connectivity index (χ4n) is 7.34. The van der Waals surface area contributed by atoms with Crippen LogP contribution >= 0.6 is 0 Å². The number of anilines is 1. The Balaban J connectivity index is 1.63. The van der Waals surface area contributed by atoms with Gasteiger partial charge < -0.3 is 9.64 Å². The smallest absolute Gasteiger partial charge is 0.416 e. The van der Waals surface area contributed by atoms with E-state index in [4.69, 9.17) is 4.74 Å². The zero-order valence-electron chi connectivity index (χ0n) is 27.9. The average Bonchev–Trinajstić information content (AvgIpc) is 3.48. The van der Waals surface area contributed by atoms with Crippen LogP contribution in [0.1, 0.15) is 104 Å². The second-order valence-corrected chi connectivity index (χ2v) is 13.1. The number of tetrazole rings is 1. The lowest BCUT2D eigenvalue weighted by molar-refractivity contribution is -0.145. The zero-order valence-corrected chi connectivity index (χ0v) is 27.9. The number of fused-ring (bicyclic) bond motifs is 1. The summed E-state index contributed by atoms with van der Waals surface area (Å²) in [5, 5.41) is 11.7. The van der Waals surface area contributed by atoms with Crippen LogP contribution in [0.4, 0.5) is 45.2 Å². The molecule has 17 heteroatoms. The van der Waals surface area contributed by atoms with Crippen molar-refractivity contribution in [1.29, 1.82) is 0 Å². The molecule has 1 fully saturated rings. The molecule has 2 aromatic carbocycles. The summed E-state index contributed by atoms with van der Waals surface area (Å²) in [4.78, 5) is 28.6. The van der Waals surface area contributed by atoms with Gasteiger partial charge in [-0.25, -0.2) is 0 Å². The van der Waals surface area contributed by atoms with Crippen molar-refractivity contribution in [2.24, 2.45) is 18.9 Å². The van der Waals surface area contributed by atoms with Gasteiger partial charge >= 0.3 is 24.5 Å². The predicted octanol–water partition coefficient (Wildman–Crippen LogP) is 8.46. The molecule has 1 amide bonds. The van der Waals surface area contributed by atoms with Crippen LogP contribution in [0.25, 0.3) is 0 Å². The minimum atomic E-state index is -5.20. The molecular weight excluding hydrogens is 697 g/mol. The molecule has 51 heavy (non-hydrogen) atoms. The number of esters is 1. The lowest BCUT2D eigenvalue weighted by Gasteiger charge is -2.45. The summed E-state index contributed by atoms with van der Waals surface area (Å²) >= 11 is 0. The summed E-state index contributed by atoms with van der Waals surface area (Å²) in [5.74, 6) is -4.25. The molecule has 1 aliphatic heterocycles. The van der Waals surface area contributed by atoms with Crippen LogP contribution in [0, 0.1) is 11.8 Å². The zero-order chi connectivity index (χ0) is 37.5. The van der Waals surface area contributed by atoms with Crippen LogP contribution in [0.3, 0.4) is 0 Å². The van der Waals surface area contributed by atoms with Gasteiger partial charge in [-0.05, 0) is 104 Å². The van der Waals surface area contributed by atoms with E-state index in [1.165, 1.54) is 11.9 Å². The van der Waals surface area contributed by atoms with E-state index in [-0.39, 0.29) is 66.8 Å².